The molecule has 0 saturated carbocycles. The number of nitrogens with zero attached hydrogens (tertiary/aromatic N) is 4. The molecular weight excluding hydrogens is 462 g/mol. The molecule has 4 heterocycles. The number of hydrogen-bond acceptors (Lipinski definition) is 4. The Bertz CT molecular complexity index is 1740. The van der Waals surface area contributed by atoms with Crippen LogP contribution in [-0.4, -0.2) is 35.6 Å². The number of nitrogens with one attached hydrogen (secondary N) is 3. The summed E-state index contributed by atoms with van der Waals surface area (Å²) in [5, 5.41) is 12.9. The number of rotatable bonds is 7. The molecule has 0 bridgehead atoms. The van der Waals surface area contributed by atoms with E-state index in [4.69, 9.17) is 0 Å². The lowest BCUT2D eigenvalue weighted by Gasteiger charge is -2.07. The largest absolute Gasteiger partial charge is 0.353 e. The standard InChI is InChI=1S/C29H27N7O/c1-3-4-8-28(37)32-21-11-20(14-30-15-21)19-9-10-25-23(12-19)29(35-34-25)26-13-22-24(33-26)6-5-7-27(22)36-16-18(2)31-17-36/h5-7,9-17,33H,3-4,8H2,1-2H3,(H,32,37)(H,34,35). The highest BCUT2D eigenvalue weighted by atomic mass is 16.1. The molecule has 0 aliphatic heterocycles. The quantitative estimate of drug-likeness (QED) is 0.241. The van der Waals surface area contributed by atoms with E-state index in [0.717, 1.165) is 68.5 Å². The highest BCUT2D eigenvalue weighted by Crippen LogP contribution is 2.33. The molecule has 37 heavy (non-hydrogen) atoms. The van der Waals surface area contributed by atoms with Gasteiger partial charge in [-0.1, -0.05) is 25.5 Å². The number of pyridine rings is 1. The Balaban J connectivity index is 1.37. The second-order valence-corrected chi connectivity index (χ2v) is 9.29. The van der Waals surface area contributed by atoms with Crippen molar-refractivity contribution in [2.45, 2.75) is 33.1 Å². The molecule has 6 aromatic rings. The van der Waals surface area contributed by atoms with Gasteiger partial charge in [0.25, 0.3) is 0 Å². The van der Waals surface area contributed by atoms with Crippen molar-refractivity contribution in [3.05, 3.63) is 79.1 Å². The predicted octanol–water partition coefficient (Wildman–Crippen LogP) is 6.40. The number of aromatic amines is 2. The van der Waals surface area contributed by atoms with E-state index in [9.17, 15) is 4.79 Å². The second kappa shape index (κ2) is 9.39. The summed E-state index contributed by atoms with van der Waals surface area (Å²) in [7, 11) is 0. The zero-order valence-electron chi connectivity index (χ0n) is 20.7. The van der Waals surface area contributed by atoms with Crippen LogP contribution in [0, 0.1) is 6.92 Å². The molecule has 4 aromatic heterocycles. The van der Waals surface area contributed by atoms with Gasteiger partial charge >= 0.3 is 0 Å². The van der Waals surface area contributed by atoms with Crippen molar-refractivity contribution >= 4 is 33.4 Å². The van der Waals surface area contributed by atoms with Gasteiger partial charge in [-0.3, -0.25) is 14.9 Å². The smallest absolute Gasteiger partial charge is 0.224 e. The number of H-pyrrole nitrogens is 2. The van der Waals surface area contributed by atoms with Crippen molar-refractivity contribution in [2.24, 2.45) is 0 Å². The fourth-order valence-corrected chi connectivity index (χ4v) is 4.67. The fraction of sp³-hybridized carbons (Fsp3) is 0.172. The molecule has 0 saturated heterocycles. The van der Waals surface area contributed by atoms with Crippen LogP contribution in [0.3, 0.4) is 0 Å². The number of carbonyl (C=O) groups is 1. The van der Waals surface area contributed by atoms with E-state index in [1.807, 2.05) is 54.5 Å². The van der Waals surface area contributed by atoms with Crippen molar-refractivity contribution in [3.63, 3.8) is 0 Å². The summed E-state index contributed by atoms with van der Waals surface area (Å²) < 4.78 is 2.04. The number of hydrogen-bond donors (Lipinski definition) is 3. The summed E-state index contributed by atoms with van der Waals surface area (Å²) in [6.07, 6.45) is 9.71. The van der Waals surface area contributed by atoms with Crippen LogP contribution in [0.4, 0.5) is 5.69 Å². The highest BCUT2D eigenvalue weighted by Gasteiger charge is 2.15. The van der Waals surface area contributed by atoms with Gasteiger partial charge in [0.15, 0.2) is 0 Å². The SMILES string of the molecule is CCCCC(=O)Nc1cncc(-c2ccc3[nH]nc(-c4cc5c(-n6cnc(C)c6)cccc5[nH]4)c3c2)c1. The number of anilines is 1. The monoisotopic (exact) mass is 489 g/mol. The van der Waals surface area contributed by atoms with Crippen molar-refractivity contribution in [3.8, 4) is 28.2 Å². The van der Waals surface area contributed by atoms with Crippen molar-refractivity contribution in [1.82, 2.24) is 29.7 Å². The summed E-state index contributed by atoms with van der Waals surface area (Å²) >= 11 is 0. The van der Waals surface area contributed by atoms with E-state index in [2.05, 4.69) is 61.7 Å². The van der Waals surface area contributed by atoms with Crippen molar-refractivity contribution in [2.75, 3.05) is 5.32 Å². The first-order chi connectivity index (χ1) is 18.1. The normalized spacial score (nSPS) is 11.4. The molecule has 184 valence electrons. The van der Waals surface area contributed by atoms with E-state index < -0.39 is 0 Å². The molecule has 6 rings (SSSR count). The Morgan fingerprint density at radius 3 is 2.78 bits per heavy atom. The maximum atomic E-state index is 12.2. The van der Waals surface area contributed by atoms with E-state index in [1.54, 1.807) is 6.20 Å². The number of aromatic nitrogens is 6. The topological polar surface area (TPSA) is 104 Å². The Hall–Kier alpha value is -4.72. The molecule has 3 N–H and O–H groups in total. The Morgan fingerprint density at radius 1 is 1.03 bits per heavy atom. The van der Waals surface area contributed by atoms with Crippen LogP contribution in [0.1, 0.15) is 31.9 Å². The van der Waals surface area contributed by atoms with Gasteiger partial charge in [0.05, 0.1) is 40.8 Å². The van der Waals surface area contributed by atoms with E-state index in [1.165, 1.54) is 0 Å². The molecule has 0 fully saturated rings. The average molecular weight is 490 g/mol. The van der Waals surface area contributed by atoms with Crippen molar-refractivity contribution in [1.29, 1.82) is 0 Å². The summed E-state index contributed by atoms with van der Waals surface area (Å²) in [6, 6.07) is 16.5. The van der Waals surface area contributed by atoms with Crippen LogP contribution in [0.25, 0.3) is 50.0 Å². The molecule has 8 nitrogen and oxygen atoms in total. The average Bonchev–Trinajstić information content (AvgIpc) is 3.64. The molecule has 0 spiro atoms. The van der Waals surface area contributed by atoms with E-state index in [-0.39, 0.29) is 5.91 Å². The first-order valence-electron chi connectivity index (χ1n) is 12.5. The third-order valence-electron chi connectivity index (χ3n) is 6.56. The minimum Gasteiger partial charge on any atom is -0.353 e. The molecule has 0 atom stereocenters. The molecule has 0 unspecified atom stereocenters. The molecular formula is C29H27N7O. The Labute approximate surface area is 213 Å². The summed E-state index contributed by atoms with van der Waals surface area (Å²) in [5.41, 5.74) is 8.40. The predicted molar refractivity (Wildman–Crippen MR) is 147 cm³/mol. The third kappa shape index (κ3) is 4.38. The number of benzene rings is 2. The Morgan fingerprint density at radius 2 is 1.95 bits per heavy atom. The molecule has 8 heteroatoms. The van der Waals surface area contributed by atoms with Gasteiger partial charge in [-0.2, -0.15) is 5.10 Å². The van der Waals surface area contributed by atoms with Gasteiger partial charge in [-0.15, -0.1) is 0 Å². The first kappa shape index (κ1) is 22.7. The number of carbonyl (C=O) groups excluding carboxylic acids is 1. The number of fused-ring (bicyclic) bond motifs is 2. The van der Waals surface area contributed by atoms with Crippen LogP contribution in [0.2, 0.25) is 0 Å². The minimum absolute atomic E-state index is 0.0115. The molecule has 0 aliphatic rings. The third-order valence-corrected chi connectivity index (χ3v) is 6.56. The van der Waals surface area contributed by atoms with Crippen LogP contribution in [0.5, 0.6) is 0 Å². The summed E-state index contributed by atoms with van der Waals surface area (Å²) in [5.74, 6) is 0.0115. The van der Waals surface area contributed by atoms with Crippen LogP contribution in [0.15, 0.2) is 73.4 Å². The lowest BCUT2D eigenvalue weighted by Crippen LogP contribution is -2.11. The molecule has 2 aromatic carbocycles. The van der Waals surface area contributed by atoms with Crippen LogP contribution >= 0.6 is 0 Å². The first-order valence-corrected chi connectivity index (χ1v) is 12.5. The lowest BCUT2D eigenvalue weighted by molar-refractivity contribution is -0.116. The van der Waals surface area contributed by atoms with Gasteiger partial charge < -0.3 is 14.9 Å². The van der Waals surface area contributed by atoms with Gasteiger partial charge in [0.1, 0.15) is 5.69 Å². The minimum atomic E-state index is 0.0115. The zero-order valence-corrected chi connectivity index (χ0v) is 20.7. The maximum absolute atomic E-state index is 12.2. The summed E-state index contributed by atoms with van der Waals surface area (Å²) in [4.78, 5) is 24.5. The van der Waals surface area contributed by atoms with E-state index in [0.29, 0.717) is 12.1 Å². The number of amides is 1. The van der Waals surface area contributed by atoms with Gasteiger partial charge in [0.2, 0.25) is 5.91 Å². The number of aryl methyl sites for hydroxylation is 1. The fourth-order valence-electron chi connectivity index (χ4n) is 4.67. The maximum Gasteiger partial charge on any atom is 0.224 e. The van der Waals surface area contributed by atoms with Crippen molar-refractivity contribution < 1.29 is 4.79 Å². The lowest BCUT2D eigenvalue weighted by atomic mass is 10.0. The van der Waals surface area contributed by atoms with Crippen LogP contribution < -0.4 is 5.32 Å². The zero-order chi connectivity index (χ0) is 25.4. The number of unbranched alkanes of at least 4 members (excludes halogenated alkanes) is 1. The van der Waals surface area contributed by atoms with Gasteiger partial charge in [-0.25, -0.2) is 4.98 Å². The van der Waals surface area contributed by atoms with Gasteiger partial charge in [0, 0.05) is 40.7 Å². The number of imidazole rings is 1. The molecule has 0 aliphatic carbocycles. The molecule has 1 amide bonds. The van der Waals surface area contributed by atoms with E-state index >= 15 is 0 Å². The second-order valence-electron chi connectivity index (χ2n) is 9.29. The van der Waals surface area contributed by atoms with Crippen LogP contribution in [-0.2, 0) is 4.79 Å². The highest BCUT2D eigenvalue weighted by molar-refractivity contribution is 5.99. The molecule has 0 radical (unpaired) electrons. The Kier molecular flexibility index (Phi) is 5.76. The van der Waals surface area contributed by atoms with Gasteiger partial charge in [-0.05, 0) is 55.3 Å². The summed E-state index contributed by atoms with van der Waals surface area (Å²) in [6.45, 7) is 4.06.